The number of carbonyl (C=O) groups is 1. The highest BCUT2D eigenvalue weighted by molar-refractivity contribution is 5.67. The molecule has 6 nitrogen and oxygen atoms in total. The zero-order valence-corrected chi connectivity index (χ0v) is 15.5. The zero-order chi connectivity index (χ0) is 18.0. The molecule has 0 saturated carbocycles. The fraction of sp³-hybridized carbons (Fsp3) is 0.611. The molecular weight excluding hydrogens is 306 g/mol. The molecule has 0 bridgehead atoms. The predicted octanol–water partition coefficient (Wildman–Crippen LogP) is 2.95. The first kappa shape index (κ1) is 20.1. The van der Waals surface area contributed by atoms with E-state index in [1.807, 2.05) is 59.1 Å². The van der Waals surface area contributed by atoms with E-state index in [1.165, 1.54) is 0 Å². The van der Waals surface area contributed by atoms with Gasteiger partial charge in [-0.25, -0.2) is 4.79 Å². The maximum Gasteiger partial charge on any atom is 0.407 e. The van der Waals surface area contributed by atoms with E-state index in [0.717, 1.165) is 30.9 Å². The van der Waals surface area contributed by atoms with Crippen LogP contribution in [0.25, 0.3) is 0 Å². The first-order valence-corrected chi connectivity index (χ1v) is 8.34. The molecule has 0 aliphatic heterocycles. The Morgan fingerprint density at radius 3 is 2.62 bits per heavy atom. The smallest absolute Gasteiger partial charge is 0.407 e. The summed E-state index contributed by atoms with van der Waals surface area (Å²) in [6.45, 7) is 8.42. The summed E-state index contributed by atoms with van der Waals surface area (Å²) in [5.41, 5.74) is 0.546. The topological polar surface area (TPSA) is 62.8 Å². The summed E-state index contributed by atoms with van der Waals surface area (Å²) in [6.07, 6.45) is 0.434. The predicted molar refractivity (Wildman–Crippen MR) is 97.8 cm³/mol. The molecule has 6 heteroatoms. The second-order valence-electron chi connectivity index (χ2n) is 6.89. The van der Waals surface area contributed by atoms with Crippen molar-refractivity contribution in [1.82, 2.24) is 10.2 Å². The van der Waals surface area contributed by atoms with Gasteiger partial charge in [-0.15, -0.1) is 0 Å². The van der Waals surface area contributed by atoms with Crippen LogP contribution < -0.4 is 15.4 Å². The number of likely N-dealkylation sites (N-methyl/N-ethyl adjacent to an activating group) is 1. The standard InChI is InChI=1S/C18H31N3O3/c1-18(2,3)24-17(22)20-11-7-10-19-15-8-6-9-16(14-15)23-13-12-21(4)5/h6,8-9,14,19H,7,10-13H2,1-5H3,(H,20,22). The number of hydrogen-bond donors (Lipinski definition) is 2. The van der Waals surface area contributed by atoms with Gasteiger partial charge in [-0.3, -0.25) is 0 Å². The number of alkyl carbamates (subject to hydrolysis) is 1. The largest absolute Gasteiger partial charge is 0.492 e. The van der Waals surface area contributed by atoms with Gasteiger partial charge in [0, 0.05) is 31.4 Å². The lowest BCUT2D eigenvalue weighted by Crippen LogP contribution is -2.33. The van der Waals surface area contributed by atoms with Gasteiger partial charge in [0.25, 0.3) is 0 Å². The van der Waals surface area contributed by atoms with Crippen LogP contribution >= 0.6 is 0 Å². The lowest BCUT2D eigenvalue weighted by Gasteiger charge is -2.19. The molecule has 0 heterocycles. The molecular formula is C18H31N3O3. The fourth-order valence-electron chi connectivity index (χ4n) is 1.87. The van der Waals surface area contributed by atoms with Gasteiger partial charge >= 0.3 is 6.09 Å². The van der Waals surface area contributed by atoms with Crippen molar-refractivity contribution in [3.05, 3.63) is 24.3 Å². The number of ether oxygens (including phenoxy) is 2. The first-order chi connectivity index (χ1) is 11.3. The molecule has 1 rings (SSSR count). The molecule has 0 atom stereocenters. The average molecular weight is 337 g/mol. The fourth-order valence-corrected chi connectivity index (χ4v) is 1.87. The van der Waals surface area contributed by atoms with E-state index in [0.29, 0.717) is 13.2 Å². The molecule has 136 valence electrons. The summed E-state index contributed by atoms with van der Waals surface area (Å²) in [6, 6.07) is 7.90. The minimum Gasteiger partial charge on any atom is -0.492 e. The average Bonchev–Trinajstić information content (AvgIpc) is 2.45. The van der Waals surface area contributed by atoms with E-state index in [9.17, 15) is 4.79 Å². The maximum atomic E-state index is 11.5. The summed E-state index contributed by atoms with van der Waals surface area (Å²) in [5.74, 6) is 0.855. The number of rotatable bonds is 9. The summed E-state index contributed by atoms with van der Waals surface area (Å²) in [4.78, 5) is 13.6. The van der Waals surface area contributed by atoms with Gasteiger partial charge in [0.15, 0.2) is 0 Å². The van der Waals surface area contributed by atoms with Crippen LogP contribution in [0.4, 0.5) is 10.5 Å². The number of anilines is 1. The van der Waals surface area contributed by atoms with Crippen molar-refractivity contribution in [2.75, 3.05) is 45.7 Å². The highest BCUT2D eigenvalue weighted by atomic mass is 16.6. The van der Waals surface area contributed by atoms with Gasteiger partial charge in [0.05, 0.1) is 0 Å². The van der Waals surface area contributed by atoms with E-state index in [2.05, 4.69) is 15.5 Å². The Hall–Kier alpha value is -1.95. The number of hydrogen-bond acceptors (Lipinski definition) is 5. The summed E-state index contributed by atoms with van der Waals surface area (Å²) >= 11 is 0. The first-order valence-electron chi connectivity index (χ1n) is 8.34. The van der Waals surface area contributed by atoms with E-state index in [4.69, 9.17) is 9.47 Å². The van der Waals surface area contributed by atoms with Crippen LogP contribution in [0.5, 0.6) is 5.75 Å². The highest BCUT2D eigenvalue weighted by Crippen LogP contribution is 2.17. The second-order valence-corrected chi connectivity index (χ2v) is 6.89. The summed E-state index contributed by atoms with van der Waals surface area (Å²) < 4.78 is 10.9. The van der Waals surface area contributed by atoms with E-state index >= 15 is 0 Å². The Balaban J connectivity index is 2.22. The molecule has 24 heavy (non-hydrogen) atoms. The zero-order valence-electron chi connectivity index (χ0n) is 15.5. The third-order valence-electron chi connectivity index (χ3n) is 2.99. The lowest BCUT2D eigenvalue weighted by atomic mass is 10.2. The number of benzene rings is 1. The minimum absolute atomic E-state index is 0.376. The molecule has 0 spiro atoms. The van der Waals surface area contributed by atoms with Crippen molar-refractivity contribution in [2.45, 2.75) is 32.8 Å². The lowest BCUT2D eigenvalue weighted by molar-refractivity contribution is 0.0528. The highest BCUT2D eigenvalue weighted by Gasteiger charge is 2.15. The number of nitrogens with zero attached hydrogens (tertiary/aromatic N) is 1. The van der Waals surface area contributed by atoms with Crippen LogP contribution in [0, 0.1) is 0 Å². The van der Waals surface area contributed by atoms with Crippen molar-refractivity contribution in [3.8, 4) is 5.75 Å². The van der Waals surface area contributed by atoms with Gasteiger partial charge < -0.3 is 25.0 Å². The molecule has 2 N–H and O–H groups in total. The van der Waals surface area contributed by atoms with Gasteiger partial charge in [-0.2, -0.15) is 0 Å². The summed E-state index contributed by atoms with van der Waals surface area (Å²) in [5, 5.41) is 6.07. The van der Waals surface area contributed by atoms with Crippen LogP contribution in [-0.2, 0) is 4.74 Å². The minimum atomic E-state index is -0.463. The molecule has 0 radical (unpaired) electrons. The van der Waals surface area contributed by atoms with E-state index in [-0.39, 0.29) is 6.09 Å². The van der Waals surface area contributed by atoms with Crippen molar-refractivity contribution in [3.63, 3.8) is 0 Å². The van der Waals surface area contributed by atoms with Crippen LogP contribution in [0.3, 0.4) is 0 Å². The monoisotopic (exact) mass is 337 g/mol. The number of carbonyl (C=O) groups excluding carboxylic acids is 1. The number of nitrogens with one attached hydrogen (secondary N) is 2. The van der Waals surface area contributed by atoms with Crippen molar-refractivity contribution in [2.24, 2.45) is 0 Å². The van der Waals surface area contributed by atoms with Crippen molar-refractivity contribution >= 4 is 11.8 Å². The van der Waals surface area contributed by atoms with Gasteiger partial charge in [0.2, 0.25) is 0 Å². The van der Waals surface area contributed by atoms with Crippen LogP contribution in [0.15, 0.2) is 24.3 Å². The quantitative estimate of drug-likeness (QED) is 0.678. The van der Waals surface area contributed by atoms with Crippen LogP contribution in [0.2, 0.25) is 0 Å². The van der Waals surface area contributed by atoms with Gasteiger partial charge in [0.1, 0.15) is 18.0 Å². The molecule has 0 unspecified atom stereocenters. The molecule has 0 aliphatic rings. The third kappa shape index (κ3) is 9.94. The second kappa shape index (κ2) is 10.0. The van der Waals surface area contributed by atoms with Crippen molar-refractivity contribution < 1.29 is 14.3 Å². The Morgan fingerprint density at radius 1 is 1.21 bits per heavy atom. The molecule has 0 fully saturated rings. The van der Waals surface area contributed by atoms with Gasteiger partial charge in [-0.05, 0) is 53.4 Å². The Morgan fingerprint density at radius 2 is 1.96 bits per heavy atom. The SMILES string of the molecule is CN(C)CCOc1cccc(NCCCNC(=O)OC(C)(C)C)c1. The Bertz CT molecular complexity index is 499. The van der Waals surface area contributed by atoms with Gasteiger partial charge in [-0.1, -0.05) is 6.07 Å². The molecule has 0 saturated heterocycles. The third-order valence-corrected chi connectivity index (χ3v) is 2.99. The van der Waals surface area contributed by atoms with E-state index < -0.39 is 5.60 Å². The van der Waals surface area contributed by atoms with Crippen molar-refractivity contribution in [1.29, 1.82) is 0 Å². The molecule has 1 aromatic rings. The Labute approximate surface area is 145 Å². The molecule has 1 amide bonds. The Kier molecular flexibility index (Phi) is 8.40. The summed E-state index contributed by atoms with van der Waals surface area (Å²) in [7, 11) is 4.04. The molecule has 0 aromatic heterocycles. The molecule has 0 aliphatic carbocycles. The van der Waals surface area contributed by atoms with Crippen LogP contribution in [0.1, 0.15) is 27.2 Å². The number of amides is 1. The normalized spacial score (nSPS) is 11.2. The maximum absolute atomic E-state index is 11.5. The van der Waals surface area contributed by atoms with E-state index in [1.54, 1.807) is 0 Å². The van der Waals surface area contributed by atoms with Crippen LogP contribution in [-0.4, -0.2) is 56.9 Å². The molecule has 1 aromatic carbocycles.